The van der Waals surface area contributed by atoms with Crippen LogP contribution in [0.1, 0.15) is 10.4 Å². The molecule has 0 spiro atoms. The second-order valence-electron chi connectivity index (χ2n) is 2.99. The van der Waals surface area contributed by atoms with Crippen molar-refractivity contribution in [2.24, 2.45) is 0 Å². The molecule has 0 bridgehead atoms. The maximum Gasteiger partial charge on any atom is 0.337 e. The molecule has 78 valence electrons. The first-order valence-electron chi connectivity index (χ1n) is 4.27. The summed E-state index contributed by atoms with van der Waals surface area (Å²) in [6, 6.07) is 4.86. The normalized spacial score (nSPS) is 14.1. The molecule has 1 aromatic carbocycles. The van der Waals surface area contributed by atoms with Crippen LogP contribution in [-0.2, 0) is 4.74 Å². The predicted molar refractivity (Wildman–Crippen MR) is 56.0 cm³/mol. The van der Waals surface area contributed by atoms with Gasteiger partial charge in [-0.25, -0.2) is 4.79 Å². The fourth-order valence-corrected chi connectivity index (χ4v) is 1.65. The van der Waals surface area contributed by atoms with Crippen molar-refractivity contribution in [3.8, 4) is 0 Å². The van der Waals surface area contributed by atoms with Gasteiger partial charge in [-0.15, -0.1) is 0 Å². The van der Waals surface area contributed by atoms with Gasteiger partial charge in [0, 0.05) is 6.20 Å². The molecule has 15 heavy (non-hydrogen) atoms. The lowest BCUT2D eigenvalue weighted by Crippen LogP contribution is -2.14. The lowest BCUT2D eigenvalue weighted by molar-refractivity contribution is 0.0697. The smallest absolute Gasteiger partial charge is 0.337 e. The summed E-state index contributed by atoms with van der Waals surface area (Å²) in [5.41, 5.74) is 0.722. The molecule has 4 nitrogen and oxygen atoms in total. The number of hydrogen-bond acceptors (Lipinski definition) is 3. The average Bonchev–Trinajstić information content (AvgIpc) is 2.70. The van der Waals surface area contributed by atoms with Gasteiger partial charge >= 0.3 is 5.97 Å². The van der Waals surface area contributed by atoms with Crippen LogP contribution in [0.2, 0.25) is 5.02 Å². The Morgan fingerprint density at radius 1 is 1.53 bits per heavy atom. The van der Waals surface area contributed by atoms with E-state index >= 15 is 0 Å². The van der Waals surface area contributed by atoms with Crippen molar-refractivity contribution in [2.75, 3.05) is 11.6 Å². The number of hydrogen-bond donors (Lipinski definition) is 1. The number of rotatable bonds is 2. The van der Waals surface area contributed by atoms with Crippen molar-refractivity contribution in [1.29, 1.82) is 0 Å². The number of benzene rings is 1. The molecule has 0 aliphatic carbocycles. The van der Waals surface area contributed by atoms with Crippen molar-refractivity contribution >= 4 is 23.3 Å². The Hall–Kier alpha value is -1.68. The molecule has 1 N–H and O–H groups in total. The number of carboxylic acid groups (broad SMARTS) is 1. The van der Waals surface area contributed by atoms with Crippen LogP contribution < -0.4 is 4.90 Å². The molecule has 0 unspecified atom stereocenters. The predicted octanol–water partition coefficient (Wildman–Crippen LogP) is 2.30. The molecule has 1 heterocycles. The van der Waals surface area contributed by atoms with E-state index in [1.54, 1.807) is 23.2 Å². The zero-order valence-electron chi connectivity index (χ0n) is 7.68. The molecule has 0 amide bonds. The Kier molecular flexibility index (Phi) is 2.51. The van der Waals surface area contributed by atoms with E-state index in [2.05, 4.69) is 0 Å². The zero-order chi connectivity index (χ0) is 10.8. The second-order valence-corrected chi connectivity index (χ2v) is 3.37. The summed E-state index contributed by atoms with van der Waals surface area (Å²) in [4.78, 5) is 12.6. The fourth-order valence-electron chi connectivity index (χ4n) is 1.34. The first-order chi connectivity index (χ1) is 7.20. The van der Waals surface area contributed by atoms with Gasteiger partial charge in [0.05, 0.1) is 16.3 Å². The van der Waals surface area contributed by atoms with Gasteiger partial charge in [0.25, 0.3) is 0 Å². The van der Waals surface area contributed by atoms with Crippen molar-refractivity contribution < 1.29 is 14.6 Å². The van der Waals surface area contributed by atoms with E-state index in [9.17, 15) is 4.79 Å². The first kappa shape index (κ1) is 9.86. The minimum absolute atomic E-state index is 0.0921. The Morgan fingerprint density at radius 2 is 2.33 bits per heavy atom. The summed E-state index contributed by atoms with van der Waals surface area (Å²) < 4.78 is 5.01. The highest BCUT2D eigenvalue weighted by molar-refractivity contribution is 6.36. The van der Waals surface area contributed by atoms with E-state index in [0.29, 0.717) is 12.4 Å². The van der Waals surface area contributed by atoms with Gasteiger partial charge < -0.3 is 14.7 Å². The first-order valence-corrected chi connectivity index (χ1v) is 4.64. The lowest BCUT2D eigenvalue weighted by Gasteiger charge is -2.16. The molecule has 0 atom stereocenters. The summed E-state index contributed by atoms with van der Waals surface area (Å²) in [7, 11) is 0. The Morgan fingerprint density at radius 3 is 2.93 bits per heavy atom. The molecule has 0 saturated carbocycles. The highest BCUT2D eigenvalue weighted by Crippen LogP contribution is 2.30. The number of nitrogens with zero attached hydrogens (tertiary/aromatic N) is 1. The number of carbonyl (C=O) groups is 1. The minimum Gasteiger partial charge on any atom is -0.479 e. The second kappa shape index (κ2) is 3.82. The van der Waals surface area contributed by atoms with Gasteiger partial charge in [-0.3, -0.25) is 0 Å². The monoisotopic (exact) mass is 225 g/mol. The molecule has 0 saturated heterocycles. The fraction of sp³-hybridized carbons (Fsp3) is 0.100. The van der Waals surface area contributed by atoms with Crippen molar-refractivity contribution in [2.45, 2.75) is 0 Å². The van der Waals surface area contributed by atoms with Crippen LogP contribution in [0.25, 0.3) is 0 Å². The lowest BCUT2D eigenvalue weighted by atomic mass is 10.2. The molecule has 0 fully saturated rings. The number of halogens is 1. The van der Waals surface area contributed by atoms with Crippen LogP contribution in [0.3, 0.4) is 0 Å². The summed E-state index contributed by atoms with van der Waals surface area (Å²) in [5.74, 6) is -1.04. The van der Waals surface area contributed by atoms with Gasteiger partial charge in [0.1, 0.15) is 6.26 Å². The number of aromatic carboxylic acids is 1. The highest BCUT2D eigenvalue weighted by atomic mass is 35.5. The van der Waals surface area contributed by atoms with Gasteiger partial charge in [-0.2, -0.15) is 0 Å². The number of ether oxygens (including phenoxy) is 1. The number of anilines is 1. The van der Waals surface area contributed by atoms with Crippen molar-refractivity contribution in [3.05, 3.63) is 41.2 Å². The van der Waals surface area contributed by atoms with Crippen LogP contribution in [0.15, 0.2) is 30.7 Å². The van der Waals surface area contributed by atoms with Gasteiger partial charge in [0.15, 0.2) is 6.73 Å². The van der Waals surface area contributed by atoms with Crippen LogP contribution >= 0.6 is 11.6 Å². The zero-order valence-corrected chi connectivity index (χ0v) is 8.44. The van der Waals surface area contributed by atoms with Crippen molar-refractivity contribution in [3.63, 3.8) is 0 Å². The standard InChI is InChI=1S/C10H8ClNO3/c11-9-7(10(13)14)2-1-3-8(9)12-4-5-15-6-12/h1-5H,6H2,(H,13,14). The van der Waals surface area contributed by atoms with Gasteiger partial charge in [-0.1, -0.05) is 17.7 Å². The molecule has 2 rings (SSSR count). The molecule has 0 radical (unpaired) electrons. The molecule has 1 aromatic rings. The van der Waals surface area contributed by atoms with E-state index < -0.39 is 5.97 Å². The van der Waals surface area contributed by atoms with Gasteiger partial charge in [-0.05, 0) is 12.1 Å². The molecule has 1 aliphatic rings. The third-order valence-corrected chi connectivity index (χ3v) is 2.47. The largest absolute Gasteiger partial charge is 0.479 e. The van der Waals surface area contributed by atoms with Crippen LogP contribution in [-0.4, -0.2) is 17.8 Å². The third-order valence-electron chi connectivity index (χ3n) is 2.07. The summed E-state index contributed by atoms with van der Waals surface area (Å²) >= 11 is 5.97. The van der Waals surface area contributed by atoms with E-state index in [4.69, 9.17) is 21.4 Å². The third kappa shape index (κ3) is 1.76. The molecule has 1 aliphatic heterocycles. The Labute approximate surface area is 91.3 Å². The maximum absolute atomic E-state index is 10.8. The van der Waals surface area contributed by atoms with E-state index in [0.717, 1.165) is 0 Å². The SMILES string of the molecule is O=C(O)c1cccc(N2C=COC2)c1Cl. The van der Waals surface area contributed by atoms with Crippen LogP contribution in [0, 0.1) is 0 Å². The Bertz CT molecular complexity index is 431. The van der Waals surface area contributed by atoms with E-state index in [1.807, 2.05) is 0 Å². The van der Waals surface area contributed by atoms with E-state index in [-0.39, 0.29) is 10.6 Å². The van der Waals surface area contributed by atoms with Crippen LogP contribution in [0.5, 0.6) is 0 Å². The highest BCUT2D eigenvalue weighted by Gasteiger charge is 2.17. The quantitative estimate of drug-likeness (QED) is 0.839. The van der Waals surface area contributed by atoms with Crippen molar-refractivity contribution in [1.82, 2.24) is 0 Å². The average molecular weight is 226 g/mol. The minimum atomic E-state index is -1.04. The maximum atomic E-state index is 10.8. The van der Waals surface area contributed by atoms with Crippen LogP contribution in [0.4, 0.5) is 5.69 Å². The number of carboxylic acids is 1. The van der Waals surface area contributed by atoms with Gasteiger partial charge in [0.2, 0.25) is 0 Å². The molecular weight excluding hydrogens is 218 g/mol. The Balaban J connectivity index is 2.43. The summed E-state index contributed by atoms with van der Waals surface area (Å²) in [5, 5.41) is 9.10. The van der Waals surface area contributed by atoms with E-state index in [1.165, 1.54) is 12.3 Å². The molecule has 5 heteroatoms. The summed E-state index contributed by atoms with van der Waals surface area (Å²) in [6.45, 7) is 0.350. The molecular formula is C10H8ClNO3. The molecule has 0 aromatic heterocycles. The summed E-state index contributed by atoms with van der Waals surface area (Å²) in [6.07, 6.45) is 3.23. The topological polar surface area (TPSA) is 49.8 Å².